The van der Waals surface area contributed by atoms with Gasteiger partial charge in [-0.25, -0.2) is 9.59 Å². The Balaban J connectivity index is 2.74. The van der Waals surface area contributed by atoms with Crippen molar-refractivity contribution in [3.8, 4) is 11.3 Å². The van der Waals surface area contributed by atoms with Gasteiger partial charge >= 0.3 is 11.9 Å². The van der Waals surface area contributed by atoms with Gasteiger partial charge in [-0.2, -0.15) is 4.37 Å². The van der Waals surface area contributed by atoms with E-state index in [1.54, 1.807) is 0 Å². The van der Waals surface area contributed by atoms with Gasteiger partial charge in [-0.15, -0.1) is 0 Å². The molecule has 0 aliphatic heterocycles. The van der Waals surface area contributed by atoms with Crippen LogP contribution in [0.3, 0.4) is 0 Å². The molecule has 0 saturated heterocycles. The molecule has 22 heavy (non-hydrogen) atoms. The summed E-state index contributed by atoms with van der Waals surface area (Å²) in [6, 6.07) is 4.03. The van der Waals surface area contributed by atoms with Crippen molar-refractivity contribution in [1.82, 2.24) is 4.37 Å². The largest absolute Gasteiger partial charge is 0.465 e. The molecule has 5 nitrogen and oxygen atoms in total. The van der Waals surface area contributed by atoms with E-state index < -0.39 is 11.9 Å². The number of benzene rings is 1. The van der Waals surface area contributed by atoms with Crippen molar-refractivity contribution in [2.24, 2.45) is 0 Å². The van der Waals surface area contributed by atoms with Crippen molar-refractivity contribution >= 4 is 23.5 Å². The quantitative estimate of drug-likeness (QED) is 0.812. The highest BCUT2D eigenvalue weighted by Gasteiger charge is 2.28. The van der Waals surface area contributed by atoms with Crippen LogP contribution < -0.4 is 0 Å². The van der Waals surface area contributed by atoms with E-state index >= 15 is 0 Å². The minimum atomic E-state index is -0.594. The van der Waals surface area contributed by atoms with Gasteiger partial charge in [-0.05, 0) is 43.4 Å². The lowest BCUT2D eigenvalue weighted by molar-refractivity contribution is 0.0560. The van der Waals surface area contributed by atoms with Crippen molar-refractivity contribution in [3.63, 3.8) is 0 Å². The lowest BCUT2D eigenvalue weighted by Gasteiger charge is -2.11. The first-order valence-corrected chi connectivity index (χ1v) is 7.42. The van der Waals surface area contributed by atoms with Crippen LogP contribution in [0.2, 0.25) is 0 Å². The topological polar surface area (TPSA) is 65.5 Å². The number of hydrogen-bond donors (Lipinski definition) is 0. The predicted molar refractivity (Wildman–Crippen MR) is 84.4 cm³/mol. The van der Waals surface area contributed by atoms with Gasteiger partial charge in [-0.3, -0.25) is 0 Å². The molecule has 0 N–H and O–H groups in total. The number of nitrogens with zero attached hydrogens (tertiary/aromatic N) is 1. The van der Waals surface area contributed by atoms with E-state index in [-0.39, 0.29) is 10.4 Å². The molecule has 0 aliphatic carbocycles. The molecule has 0 atom stereocenters. The molecule has 0 aliphatic rings. The van der Waals surface area contributed by atoms with Crippen LogP contribution in [-0.4, -0.2) is 30.5 Å². The summed E-state index contributed by atoms with van der Waals surface area (Å²) in [6.45, 7) is 5.91. The predicted octanol–water partition coefficient (Wildman–Crippen LogP) is 3.31. The molecule has 0 radical (unpaired) electrons. The van der Waals surface area contributed by atoms with Crippen molar-refractivity contribution < 1.29 is 19.1 Å². The van der Waals surface area contributed by atoms with E-state index in [1.807, 2.05) is 32.9 Å². The summed E-state index contributed by atoms with van der Waals surface area (Å²) in [7, 11) is 2.55. The molecule has 2 aromatic rings. The number of hydrogen-bond acceptors (Lipinski definition) is 6. The first-order valence-electron chi connectivity index (χ1n) is 6.65. The standard InChI is InChI=1S/C16H17NO4S/c1-8-6-9(2)11(10(3)7-8)13-12(15(18)20-4)14(22-17-13)16(19)21-5/h6-7H,1-5H3. The molecule has 0 unspecified atom stereocenters. The van der Waals surface area contributed by atoms with Crippen LogP contribution in [0.5, 0.6) is 0 Å². The normalized spacial score (nSPS) is 10.4. The molecule has 0 fully saturated rings. The third-order valence-corrected chi connectivity index (χ3v) is 4.19. The summed E-state index contributed by atoms with van der Waals surface area (Å²) < 4.78 is 13.9. The summed E-state index contributed by atoms with van der Waals surface area (Å²) in [5.74, 6) is -1.19. The SMILES string of the molecule is COC(=O)c1snc(-c2c(C)cc(C)cc2C)c1C(=O)OC. The van der Waals surface area contributed by atoms with Crippen molar-refractivity contribution in [2.75, 3.05) is 14.2 Å². The zero-order valence-electron chi connectivity index (χ0n) is 13.1. The Kier molecular flexibility index (Phi) is 4.61. The first-order chi connectivity index (χ1) is 10.4. The molecule has 1 aromatic carbocycles. The minimum absolute atomic E-state index is 0.156. The Bertz CT molecular complexity index is 726. The second-order valence-corrected chi connectivity index (χ2v) is 5.77. The van der Waals surface area contributed by atoms with E-state index in [0.717, 1.165) is 33.8 Å². The molecule has 116 valence electrons. The molecule has 0 amide bonds. The first kappa shape index (κ1) is 16.2. The second kappa shape index (κ2) is 6.27. The molecule has 0 saturated carbocycles. The van der Waals surface area contributed by atoms with Gasteiger partial charge in [0.15, 0.2) is 0 Å². The average Bonchev–Trinajstić information content (AvgIpc) is 2.89. The van der Waals surface area contributed by atoms with Crippen molar-refractivity contribution in [1.29, 1.82) is 0 Å². The van der Waals surface area contributed by atoms with Gasteiger partial charge in [0.2, 0.25) is 0 Å². The summed E-state index contributed by atoms with van der Waals surface area (Å²) in [5.41, 5.74) is 4.58. The maximum Gasteiger partial charge on any atom is 0.350 e. The highest BCUT2D eigenvalue weighted by molar-refractivity contribution is 7.08. The lowest BCUT2D eigenvalue weighted by Crippen LogP contribution is -2.10. The number of rotatable bonds is 3. The number of carbonyl (C=O) groups is 2. The van der Waals surface area contributed by atoms with Crippen LogP contribution in [0.1, 0.15) is 36.7 Å². The monoisotopic (exact) mass is 319 g/mol. The van der Waals surface area contributed by atoms with Gasteiger partial charge in [-0.1, -0.05) is 17.7 Å². The fourth-order valence-electron chi connectivity index (χ4n) is 2.54. The average molecular weight is 319 g/mol. The maximum atomic E-state index is 12.1. The summed E-state index contributed by atoms with van der Waals surface area (Å²) in [5, 5.41) is 0. The number of carbonyl (C=O) groups excluding carboxylic acids is 2. The fraction of sp³-hybridized carbons (Fsp3) is 0.312. The minimum Gasteiger partial charge on any atom is -0.465 e. The highest BCUT2D eigenvalue weighted by atomic mass is 32.1. The van der Waals surface area contributed by atoms with E-state index in [1.165, 1.54) is 14.2 Å². The third kappa shape index (κ3) is 2.74. The number of esters is 2. The third-order valence-electron chi connectivity index (χ3n) is 3.37. The van der Waals surface area contributed by atoms with E-state index in [9.17, 15) is 9.59 Å². The Labute approximate surface area is 133 Å². The number of aryl methyl sites for hydroxylation is 3. The van der Waals surface area contributed by atoms with E-state index in [4.69, 9.17) is 9.47 Å². The van der Waals surface area contributed by atoms with Crippen LogP contribution in [0.4, 0.5) is 0 Å². The number of aromatic nitrogens is 1. The molecule has 1 heterocycles. The molecule has 1 aromatic heterocycles. The van der Waals surface area contributed by atoms with Gasteiger partial charge in [0.25, 0.3) is 0 Å². The van der Waals surface area contributed by atoms with Gasteiger partial charge < -0.3 is 9.47 Å². The van der Waals surface area contributed by atoms with Crippen molar-refractivity contribution in [2.45, 2.75) is 20.8 Å². The molecule has 0 spiro atoms. The Hall–Kier alpha value is -2.21. The van der Waals surface area contributed by atoms with Crippen LogP contribution in [0.15, 0.2) is 12.1 Å². The molecule has 6 heteroatoms. The maximum absolute atomic E-state index is 12.1. The number of ether oxygens (including phenoxy) is 2. The van der Waals surface area contributed by atoms with Gasteiger partial charge in [0.1, 0.15) is 16.1 Å². The van der Waals surface area contributed by atoms with E-state index in [2.05, 4.69) is 4.37 Å². The van der Waals surface area contributed by atoms with Crippen LogP contribution in [0, 0.1) is 20.8 Å². The Morgan fingerprint density at radius 3 is 2.05 bits per heavy atom. The zero-order valence-corrected chi connectivity index (χ0v) is 14.0. The molecular weight excluding hydrogens is 302 g/mol. The summed E-state index contributed by atoms with van der Waals surface area (Å²) >= 11 is 0.944. The lowest BCUT2D eigenvalue weighted by atomic mass is 9.95. The van der Waals surface area contributed by atoms with Crippen LogP contribution in [-0.2, 0) is 9.47 Å². The smallest absolute Gasteiger partial charge is 0.350 e. The Morgan fingerprint density at radius 2 is 1.55 bits per heavy atom. The molecular formula is C16H17NO4S. The molecule has 2 rings (SSSR count). The molecule has 0 bridgehead atoms. The summed E-state index contributed by atoms with van der Waals surface area (Å²) in [4.78, 5) is 24.2. The van der Waals surface area contributed by atoms with Gasteiger partial charge in [0.05, 0.1) is 14.2 Å². The number of methoxy groups -OCH3 is 2. The van der Waals surface area contributed by atoms with Crippen molar-refractivity contribution in [3.05, 3.63) is 39.3 Å². The Morgan fingerprint density at radius 1 is 1.00 bits per heavy atom. The highest BCUT2D eigenvalue weighted by Crippen LogP contribution is 2.34. The van der Waals surface area contributed by atoms with E-state index in [0.29, 0.717) is 5.69 Å². The van der Waals surface area contributed by atoms with Gasteiger partial charge in [0, 0.05) is 5.56 Å². The summed E-state index contributed by atoms with van der Waals surface area (Å²) in [6.07, 6.45) is 0. The second-order valence-electron chi connectivity index (χ2n) is 4.99. The zero-order chi connectivity index (χ0) is 16.4. The van der Waals surface area contributed by atoms with Crippen LogP contribution >= 0.6 is 11.5 Å². The fourth-order valence-corrected chi connectivity index (χ4v) is 3.33. The van der Waals surface area contributed by atoms with Crippen LogP contribution in [0.25, 0.3) is 11.3 Å².